The minimum atomic E-state index is -0.0383. The Morgan fingerprint density at radius 3 is 2.50 bits per heavy atom. The fourth-order valence-corrected chi connectivity index (χ4v) is 4.44. The van der Waals surface area contributed by atoms with Crippen molar-refractivity contribution in [3.63, 3.8) is 0 Å². The molecule has 1 fully saturated rings. The Hall–Kier alpha value is -0.730. The van der Waals surface area contributed by atoms with Gasteiger partial charge in [-0.3, -0.25) is 0 Å². The maximum absolute atomic E-state index is 10.6. The van der Waals surface area contributed by atoms with Crippen molar-refractivity contribution in [2.45, 2.75) is 63.2 Å². The quantitative estimate of drug-likeness (QED) is 0.807. The Balaban J connectivity index is 2.20. The summed E-state index contributed by atoms with van der Waals surface area (Å²) in [4.78, 5) is 0. The van der Waals surface area contributed by atoms with Crippen LogP contribution >= 0.6 is 11.6 Å². The normalized spacial score (nSPS) is 21.5. The summed E-state index contributed by atoms with van der Waals surface area (Å²) in [5.74, 6) is 0.305. The summed E-state index contributed by atoms with van der Waals surface area (Å²) in [6.45, 7) is 0.618. The van der Waals surface area contributed by atoms with E-state index in [2.05, 4.69) is 0 Å². The first-order valence-corrected chi connectivity index (χ1v) is 8.29. The molecule has 0 amide bonds. The summed E-state index contributed by atoms with van der Waals surface area (Å²) < 4.78 is 0. The number of halogens is 1. The Morgan fingerprint density at radius 1 is 1.10 bits per heavy atom. The van der Waals surface area contributed by atoms with Gasteiger partial charge in [0.15, 0.2) is 0 Å². The van der Waals surface area contributed by atoms with Crippen LogP contribution in [0.5, 0.6) is 5.75 Å². The number of benzene rings is 1. The van der Waals surface area contributed by atoms with Crippen molar-refractivity contribution in [2.24, 2.45) is 5.73 Å². The summed E-state index contributed by atoms with van der Waals surface area (Å²) in [6.07, 6.45) is 10.4. The fourth-order valence-electron chi connectivity index (χ4n) is 4.21. The third-order valence-corrected chi connectivity index (χ3v) is 5.60. The van der Waals surface area contributed by atoms with E-state index in [4.69, 9.17) is 17.3 Å². The highest BCUT2D eigenvalue weighted by atomic mass is 35.5. The molecule has 110 valence electrons. The molecule has 3 rings (SSSR count). The Morgan fingerprint density at radius 2 is 1.80 bits per heavy atom. The number of phenols is 1. The van der Waals surface area contributed by atoms with Gasteiger partial charge in [-0.25, -0.2) is 0 Å². The molecule has 0 aromatic heterocycles. The summed E-state index contributed by atoms with van der Waals surface area (Å²) in [6, 6.07) is 1.99. The molecule has 2 nitrogen and oxygen atoms in total. The van der Waals surface area contributed by atoms with Gasteiger partial charge in [0.05, 0.1) is 5.02 Å². The first-order valence-electron chi connectivity index (χ1n) is 7.92. The van der Waals surface area contributed by atoms with E-state index in [0.29, 0.717) is 17.3 Å². The molecule has 3 N–H and O–H groups in total. The van der Waals surface area contributed by atoms with Gasteiger partial charge in [-0.1, -0.05) is 30.9 Å². The van der Waals surface area contributed by atoms with Crippen LogP contribution in [-0.4, -0.2) is 11.7 Å². The van der Waals surface area contributed by atoms with Crippen LogP contribution in [0.15, 0.2) is 6.07 Å². The lowest BCUT2D eigenvalue weighted by Crippen LogP contribution is -2.33. The zero-order valence-electron chi connectivity index (χ0n) is 12.1. The second-order valence-electron chi connectivity index (χ2n) is 6.47. The van der Waals surface area contributed by atoms with E-state index in [0.717, 1.165) is 31.2 Å². The molecule has 0 bridgehead atoms. The maximum Gasteiger partial charge on any atom is 0.138 e. The van der Waals surface area contributed by atoms with Gasteiger partial charge < -0.3 is 10.8 Å². The Kier molecular flexibility index (Phi) is 3.96. The lowest BCUT2D eigenvalue weighted by molar-refractivity contribution is 0.401. The molecule has 0 radical (unpaired) electrons. The van der Waals surface area contributed by atoms with Crippen molar-refractivity contribution >= 4 is 11.6 Å². The van der Waals surface area contributed by atoms with Gasteiger partial charge in [0.1, 0.15) is 5.75 Å². The number of rotatable bonds is 2. The standard InChI is InChI=1S/C17H24ClNO/c18-14-10-12-6-2-1-3-7-13(12)15(16(14)20)17(11-19)8-4-5-9-17/h10,20H,1-9,11,19H2. The summed E-state index contributed by atoms with van der Waals surface area (Å²) >= 11 is 6.31. The van der Waals surface area contributed by atoms with E-state index in [1.165, 1.54) is 43.2 Å². The van der Waals surface area contributed by atoms with E-state index < -0.39 is 0 Å². The number of aromatic hydroxyl groups is 1. The van der Waals surface area contributed by atoms with Crippen LogP contribution in [0, 0.1) is 0 Å². The average Bonchev–Trinajstić information content (AvgIpc) is 2.81. The predicted octanol–water partition coefficient (Wildman–Crippen LogP) is 4.09. The molecule has 0 heterocycles. The van der Waals surface area contributed by atoms with Crippen molar-refractivity contribution in [1.29, 1.82) is 0 Å². The number of nitrogens with two attached hydrogens (primary N) is 1. The highest BCUT2D eigenvalue weighted by molar-refractivity contribution is 6.32. The number of hydrogen-bond donors (Lipinski definition) is 2. The van der Waals surface area contributed by atoms with Crippen molar-refractivity contribution < 1.29 is 5.11 Å². The van der Waals surface area contributed by atoms with Gasteiger partial charge in [0, 0.05) is 17.5 Å². The molecule has 0 spiro atoms. The van der Waals surface area contributed by atoms with E-state index in [9.17, 15) is 5.11 Å². The average molecular weight is 294 g/mol. The fraction of sp³-hybridized carbons (Fsp3) is 0.647. The summed E-state index contributed by atoms with van der Waals surface area (Å²) in [7, 11) is 0. The molecular weight excluding hydrogens is 270 g/mol. The van der Waals surface area contributed by atoms with Crippen molar-refractivity contribution in [3.05, 3.63) is 27.8 Å². The van der Waals surface area contributed by atoms with Crippen LogP contribution in [0.1, 0.15) is 61.6 Å². The van der Waals surface area contributed by atoms with Gasteiger partial charge in [-0.15, -0.1) is 0 Å². The zero-order chi connectivity index (χ0) is 14.2. The van der Waals surface area contributed by atoms with Crippen LogP contribution in [-0.2, 0) is 18.3 Å². The van der Waals surface area contributed by atoms with Crippen LogP contribution in [0.4, 0.5) is 0 Å². The molecule has 0 saturated heterocycles. The molecule has 3 heteroatoms. The highest BCUT2D eigenvalue weighted by Gasteiger charge is 2.39. The first-order chi connectivity index (χ1) is 9.68. The zero-order valence-corrected chi connectivity index (χ0v) is 12.8. The molecular formula is C17H24ClNO. The maximum atomic E-state index is 10.6. The second-order valence-corrected chi connectivity index (χ2v) is 6.88. The minimum absolute atomic E-state index is 0.0383. The van der Waals surface area contributed by atoms with Crippen LogP contribution in [0.25, 0.3) is 0 Å². The van der Waals surface area contributed by atoms with Crippen molar-refractivity contribution in [3.8, 4) is 5.75 Å². The van der Waals surface area contributed by atoms with Gasteiger partial charge in [0.25, 0.3) is 0 Å². The van der Waals surface area contributed by atoms with Crippen LogP contribution < -0.4 is 5.73 Å². The van der Waals surface area contributed by atoms with Crippen LogP contribution in [0.2, 0.25) is 5.02 Å². The van der Waals surface area contributed by atoms with Gasteiger partial charge >= 0.3 is 0 Å². The molecule has 0 aliphatic heterocycles. The second kappa shape index (κ2) is 5.57. The minimum Gasteiger partial charge on any atom is -0.506 e. The largest absolute Gasteiger partial charge is 0.506 e. The lowest BCUT2D eigenvalue weighted by atomic mass is 9.74. The SMILES string of the molecule is NCC1(c2c(O)c(Cl)cc3c2CCCCC3)CCCC1. The highest BCUT2D eigenvalue weighted by Crippen LogP contribution is 2.49. The number of aryl methyl sites for hydroxylation is 1. The lowest BCUT2D eigenvalue weighted by Gasteiger charge is -2.32. The molecule has 2 aliphatic rings. The molecule has 1 aromatic carbocycles. The van der Waals surface area contributed by atoms with E-state index in [-0.39, 0.29) is 5.41 Å². The third-order valence-electron chi connectivity index (χ3n) is 5.31. The van der Waals surface area contributed by atoms with E-state index in [1.54, 1.807) is 0 Å². The van der Waals surface area contributed by atoms with E-state index in [1.807, 2.05) is 6.07 Å². The molecule has 1 saturated carbocycles. The molecule has 0 unspecified atom stereocenters. The number of fused-ring (bicyclic) bond motifs is 1. The monoisotopic (exact) mass is 293 g/mol. The van der Waals surface area contributed by atoms with Gasteiger partial charge in [-0.05, 0) is 55.7 Å². The number of hydrogen-bond acceptors (Lipinski definition) is 2. The Labute approximate surface area is 126 Å². The molecule has 1 aromatic rings. The third kappa shape index (κ3) is 2.23. The molecule has 2 aliphatic carbocycles. The topological polar surface area (TPSA) is 46.2 Å². The first kappa shape index (κ1) is 14.2. The van der Waals surface area contributed by atoms with Gasteiger partial charge in [0.2, 0.25) is 0 Å². The molecule has 20 heavy (non-hydrogen) atoms. The van der Waals surface area contributed by atoms with E-state index >= 15 is 0 Å². The van der Waals surface area contributed by atoms with Gasteiger partial charge in [-0.2, -0.15) is 0 Å². The Bertz CT molecular complexity index is 506. The summed E-state index contributed by atoms with van der Waals surface area (Å²) in [5, 5.41) is 11.1. The van der Waals surface area contributed by atoms with Crippen molar-refractivity contribution in [1.82, 2.24) is 0 Å². The smallest absolute Gasteiger partial charge is 0.138 e. The summed E-state index contributed by atoms with van der Waals surface area (Å²) in [5.41, 5.74) is 9.90. The van der Waals surface area contributed by atoms with Crippen molar-refractivity contribution in [2.75, 3.05) is 6.54 Å². The predicted molar refractivity (Wildman–Crippen MR) is 83.6 cm³/mol. The van der Waals surface area contributed by atoms with Crippen LogP contribution in [0.3, 0.4) is 0 Å². The number of phenolic OH excluding ortho intramolecular Hbond substituents is 1. The molecule has 0 atom stereocenters.